The van der Waals surface area contributed by atoms with Gasteiger partial charge < -0.3 is 18.9 Å². The van der Waals surface area contributed by atoms with Gasteiger partial charge in [-0.3, -0.25) is 0 Å². The summed E-state index contributed by atoms with van der Waals surface area (Å²) in [5, 5.41) is 0. The molecule has 0 aromatic carbocycles. The summed E-state index contributed by atoms with van der Waals surface area (Å²) < 4.78 is 24.4. The molecule has 2 saturated carbocycles. The van der Waals surface area contributed by atoms with Crippen LogP contribution in [0.2, 0.25) is 0 Å². The minimum Gasteiger partial charge on any atom is -0.366 e. The van der Waals surface area contributed by atoms with Crippen molar-refractivity contribution in [2.45, 2.75) is 83.1 Å². The fourth-order valence-corrected chi connectivity index (χ4v) is 5.78. The van der Waals surface area contributed by atoms with Crippen LogP contribution >= 0.6 is 0 Å². The van der Waals surface area contributed by atoms with Gasteiger partial charge in [0.15, 0.2) is 6.29 Å². The third-order valence-electron chi connectivity index (χ3n) is 7.78. The van der Waals surface area contributed by atoms with E-state index in [0.717, 1.165) is 38.9 Å². The molecule has 0 aromatic rings. The summed E-state index contributed by atoms with van der Waals surface area (Å²) in [5.41, 5.74) is 0.463. The summed E-state index contributed by atoms with van der Waals surface area (Å²) in [6, 6.07) is 0. The third kappa shape index (κ3) is 2.18. The summed E-state index contributed by atoms with van der Waals surface area (Å²) in [5.74, 6) is 1.69. The zero-order chi connectivity index (χ0) is 16.0. The molecule has 4 nitrogen and oxygen atoms in total. The first-order chi connectivity index (χ1) is 10.8. The molecular weight excluding hydrogens is 292 g/mol. The van der Waals surface area contributed by atoms with Crippen molar-refractivity contribution in [1.82, 2.24) is 0 Å². The van der Waals surface area contributed by atoms with E-state index in [0.29, 0.717) is 30.0 Å². The van der Waals surface area contributed by atoms with Crippen LogP contribution in [-0.4, -0.2) is 42.9 Å². The van der Waals surface area contributed by atoms with E-state index < -0.39 is 0 Å². The van der Waals surface area contributed by atoms with Crippen LogP contribution < -0.4 is 0 Å². The topological polar surface area (TPSA) is 43.5 Å². The van der Waals surface area contributed by atoms with Crippen molar-refractivity contribution in [2.24, 2.45) is 23.2 Å². The Balaban J connectivity index is 1.24. The molecule has 3 heterocycles. The van der Waals surface area contributed by atoms with Gasteiger partial charge in [-0.1, -0.05) is 13.8 Å². The standard InChI is InChI=1S/C19H30O4/c1-11-6-17(3)14(22-17)5-13(11)16-20-9-19(10-21-16)8-15-18(4,23-15)7-12(19)2/h11-16H,5-10H2,1-4H3. The molecule has 0 aromatic heterocycles. The highest BCUT2D eigenvalue weighted by atomic mass is 16.7. The van der Waals surface area contributed by atoms with E-state index in [1.165, 1.54) is 0 Å². The molecule has 0 bridgehead atoms. The van der Waals surface area contributed by atoms with Crippen molar-refractivity contribution in [1.29, 1.82) is 0 Å². The highest BCUT2D eigenvalue weighted by Crippen LogP contribution is 2.58. The molecule has 0 radical (unpaired) electrons. The van der Waals surface area contributed by atoms with Crippen LogP contribution in [-0.2, 0) is 18.9 Å². The zero-order valence-electron chi connectivity index (χ0n) is 14.8. The van der Waals surface area contributed by atoms with E-state index in [-0.39, 0.29) is 22.9 Å². The van der Waals surface area contributed by atoms with Gasteiger partial charge in [0.05, 0.1) is 36.6 Å². The minimum absolute atomic E-state index is 0.0370. The molecular formula is C19H30O4. The molecule has 1 spiro atoms. The Morgan fingerprint density at radius 3 is 2.22 bits per heavy atom. The predicted molar refractivity (Wildman–Crippen MR) is 85.0 cm³/mol. The quantitative estimate of drug-likeness (QED) is 0.696. The van der Waals surface area contributed by atoms with Gasteiger partial charge in [-0.15, -0.1) is 0 Å². The molecule has 0 amide bonds. The second-order valence-electron chi connectivity index (χ2n) is 9.58. The second-order valence-corrected chi connectivity index (χ2v) is 9.58. The molecule has 3 aliphatic heterocycles. The molecule has 23 heavy (non-hydrogen) atoms. The number of hydrogen-bond donors (Lipinski definition) is 0. The van der Waals surface area contributed by atoms with Crippen molar-refractivity contribution >= 4 is 0 Å². The van der Waals surface area contributed by atoms with Crippen molar-refractivity contribution in [3.63, 3.8) is 0 Å². The van der Waals surface area contributed by atoms with E-state index in [2.05, 4.69) is 27.7 Å². The van der Waals surface area contributed by atoms with Gasteiger partial charge in [-0.2, -0.15) is 0 Å². The maximum atomic E-state index is 6.32. The molecule has 0 N–H and O–H groups in total. The molecule has 5 aliphatic rings. The lowest BCUT2D eigenvalue weighted by atomic mass is 9.64. The first kappa shape index (κ1) is 15.1. The Labute approximate surface area is 139 Å². The summed E-state index contributed by atoms with van der Waals surface area (Å²) in [6.45, 7) is 10.9. The molecule has 5 fully saturated rings. The Morgan fingerprint density at radius 1 is 0.826 bits per heavy atom. The first-order valence-electron chi connectivity index (χ1n) is 9.42. The molecule has 2 aliphatic carbocycles. The summed E-state index contributed by atoms with van der Waals surface area (Å²) in [4.78, 5) is 0. The summed E-state index contributed by atoms with van der Waals surface area (Å²) in [6.07, 6.45) is 5.29. The van der Waals surface area contributed by atoms with Crippen molar-refractivity contribution in [3.8, 4) is 0 Å². The summed E-state index contributed by atoms with van der Waals surface area (Å²) >= 11 is 0. The van der Waals surface area contributed by atoms with Crippen LogP contribution in [0.5, 0.6) is 0 Å². The van der Waals surface area contributed by atoms with Gasteiger partial charge in [0.2, 0.25) is 0 Å². The normalized spacial score (nSPS) is 64.2. The SMILES string of the molecule is CC1CC2(C)OC2CC1C1OCC2(CO1)CC1OC1(C)CC2C. The lowest BCUT2D eigenvalue weighted by Gasteiger charge is -2.48. The Morgan fingerprint density at radius 2 is 1.48 bits per heavy atom. The van der Waals surface area contributed by atoms with Gasteiger partial charge in [0.1, 0.15) is 0 Å². The van der Waals surface area contributed by atoms with Crippen molar-refractivity contribution < 1.29 is 18.9 Å². The van der Waals surface area contributed by atoms with E-state index in [4.69, 9.17) is 18.9 Å². The Kier molecular flexibility index (Phi) is 2.97. The molecule has 7 unspecified atom stereocenters. The van der Waals surface area contributed by atoms with Crippen molar-refractivity contribution in [3.05, 3.63) is 0 Å². The van der Waals surface area contributed by atoms with E-state index in [1.807, 2.05) is 0 Å². The minimum atomic E-state index is -0.0370. The van der Waals surface area contributed by atoms with Crippen LogP contribution in [0.15, 0.2) is 0 Å². The highest BCUT2D eigenvalue weighted by Gasteiger charge is 2.64. The fraction of sp³-hybridized carbons (Fsp3) is 1.00. The van der Waals surface area contributed by atoms with Gasteiger partial charge in [-0.05, 0) is 51.4 Å². The maximum Gasteiger partial charge on any atom is 0.160 e. The van der Waals surface area contributed by atoms with Crippen LogP contribution in [0.4, 0.5) is 0 Å². The molecule has 3 saturated heterocycles. The lowest BCUT2D eigenvalue weighted by molar-refractivity contribution is -0.271. The first-order valence-corrected chi connectivity index (χ1v) is 9.42. The Hall–Kier alpha value is -0.160. The lowest BCUT2D eigenvalue weighted by Crippen LogP contribution is -2.52. The van der Waals surface area contributed by atoms with E-state index in [9.17, 15) is 0 Å². The second kappa shape index (κ2) is 4.51. The predicted octanol–water partition coefficient (Wildman–Crippen LogP) is 3.14. The van der Waals surface area contributed by atoms with Crippen molar-refractivity contribution in [2.75, 3.05) is 13.2 Å². The van der Waals surface area contributed by atoms with Gasteiger partial charge >= 0.3 is 0 Å². The number of ether oxygens (including phenoxy) is 4. The zero-order valence-corrected chi connectivity index (χ0v) is 14.8. The highest BCUT2D eigenvalue weighted by molar-refractivity contribution is 5.11. The average Bonchev–Trinajstić information content (AvgIpc) is 3.33. The smallest absolute Gasteiger partial charge is 0.160 e. The van der Waals surface area contributed by atoms with Gasteiger partial charge in [0.25, 0.3) is 0 Å². The molecule has 4 heteroatoms. The Bertz CT molecular complexity index is 513. The number of rotatable bonds is 1. The molecule has 7 atom stereocenters. The van der Waals surface area contributed by atoms with Crippen LogP contribution in [0.3, 0.4) is 0 Å². The third-order valence-corrected chi connectivity index (χ3v) is 7.78. The van der Waals surface area contributed by atoms with E-state index >= 15 is 0 Å². The van der Waals surface area contributed by atoms with Crippen LogP contribution in [0.1, 0.15) is 53.4 Å². The molecule has 130 valence electrons. The number of fused-ring (bicyclic) bond motifs is 2. The van der Waals surface area contributed by atoms with Crippen LogP contribution in [0, 0.1) is 23.2 Å². The monoisotopic (exact) mass is 322 g/mol. The van der Waals surface area contributed by atoms with Crippen LogP contribution in [0.25, 0.3) is 0 Å². The largest absolute Gasteiger partial charge is 0.366 e. The number of epoxide rings is 2. The number of hydrogen-bond acceptors (Lipinski definition) is 4. The fourth-order valence-electron chi connectivity index (χ4n) is 5.78. The average molecular weight is 322 g/mol. The van der Waals surface area contributed by atoms with Gasteiger partial charge in [0, 0.05) is 11.3 Å². The van der Waals surface area contributed by atoms with E-state index in [1.54, 1.807) is 0 Å². The summed E-state index contributed by atoms with van der Waals surface area (Å²) in [7, 11) is 0. The van der Waals surface area contributed by atoms with Gasteiger partial charge in [-0.25, -0.2) is 0 Å². The molecule has 5 rings (SSSR count). The maximum absolute atomic E-state index is 6.32.